The molecule has 106 valence electrons. The molecule has 0 aliphatic heterocycles. The van der Waals surface area contributed by atoms with Gasteiger partial charge in [0.25, 0.3) is 0 Å². The molecule has 0 heterocycles. The maximum atomic E-state index is 11.8. The zero-order valence-electron chi connectivity index (χ0n) is 12.4. The van der Waals surface area contributed by atoms with E-state index in [9.17, 15) is 9.59 Å². The summed E-state index contributed by atoms with van der Waals surface area (Å²) in [5, 5.41) is 11.4. The van der Waals surface area contributed by atoms with Gasteiger partial charge in [-0.2, -0.15) is 5.26 Å². The Morgan fingerprint density at radius 1 is 1.30 bits per heavy atom. The number of anilines is 1. The zero-order chi connectivity index (χ0) is 15.3. The second kappa shape index (κ2) is 6.33. The lowest BCUT2D eigenvalue weighted by Gasteiger charge is -2.23. The predicted octanol–water partition coefficient (Wildman–Crippen LogP) is 3.04. The summed E-state index contributed by atoms with van der Waals surface area (Å²) in [4.78, 5) is 22.9. The molecular formula is C16H20N2O2. The lowest BCUT2D eigenvalue weighted by molar-refractivity contribution is -0.127. The molecule has 1 aromatic rings. The summed E-state index contributed by atoms with van der Waals surface area (Å²) in [6, 6.07) is 9.19. The van der Waals surface area contributed by atoms with Gasteiger partial charge in [0, 0.05) is 5.69 Å². The first-order chi connectivity index (χ1) is 9.31. The third-order valence-electron chi connectivity index (χ3n) is 3.62. The molecule has 0 bridgehead atoms. The number of nitrogens with zero attached hydrogens (tertiary/aromatic N) is 1. The number of hydrogen-bond acceptors (Lipinski definition) is 3. The molecule has 0 saturated carbocycles. The summed E-state index contributed by atoms with van der Waals surface area (Å²) in [7, 11) is 0. The molecular weight excluding hydrogens is 252 g/mol. The summed E-state index contributed by atoms with van der Waals surface area (Å²) in [5.41, 5.74) is 1.85. The second-order valence-electron chi connectivity index (χ2n) is 5.48. The molecule has 1 N–H and O–H groups in total. The van der Waals surface area contributed by atoms with E-state index in [-0.39, 0.29) is 5.41 Å². The number of rotatable bonds is 5. The van der Waals surface area contributed by atoms with Crippen molar-refractivity contribution in [2.24, 2.45) is 5.92 Å². The van der Waals surface area contributed by atoms with Gasteiger partial charge in [-0.15, -0.1) is 0 Å². The fourth-order valence-electron chi connectivity index (χ4n) is 1.76. The molecule has 1 unspecified atom stereocenters. The molecule has 0 spiro atoms. The quantitative estimate of drug-likeness (QED) is 0.837. The SMILES string of the molecule is CCC(C)(C)c1ccc(NC(=O)C(C#N)C(C)=O)cc1. The van der Waals surface area contributed by atoms with Crippen molar-refractivity contribution in [3.63, 3.8) is 0 Å². The van der Waals surface area contributed by atoms with Crippen molar-refractivity contribution in [1.29, 1.82) is 5.26 Å². The number of Topliss-reactive ketones (excluding diaryl/α,β-unsaturated/α-hetero) is 1. The minimum atomic E-state index is -1.25. The normalized spacial score (nSPS) is 12.3. The molecule has 1 amide bonds. The molecule has 4 heteroatoms. The molecule has 4 nitrogen and oxygen atoms in total. The van der Waals surface area contributed by atoms with Crippen LogP contribution in [0.2, 0.25) is 0 Å². The van der Waals surface area contributed by atoms with Crippen LogP contribution in [-0.2, 0) is 15.0 Å². The Bertz CT molecular complexity index is 539. The molecule has 0 aliphatic rings. The Morgan fingerprint density at radius 2 is 1.85 bits per heavy atom. The molecule has 0 radical (unpaired) electrons. The molecule has 0 fully saturated rings. The van der Waals surface area contributed by atoms with Gasteiger partial charge < -0.3 is 5.32 Å². The first-order valence-corrected chi connectivity index (χ1v) is 6.63. The Balaban J connectivity index is 2.84. The fourth-order valence-corrected chi connectivity index (χ4v) is 1.76. The van der Waals surface area contributed by atoms with Crippen molar-refractivity contribution in [3.05, 3.63) is 29.8 Å². The van der Waals surface area contributed by atoms with Crippen LogP contribution < -0.4 is 5.32 Å². The van der Waals surface area contributed by atoms with Gasteiger partial charge in [-0.1, -0.05) is 32.9 Å². The second-order valence-corrected chi connectivity index (χ2v) is 5.48. The van der Waals surface area contributed by atoms with E-state index >= 15 is 0 Å². The molecule has 1 rings (SSSR count). The Labute approximate surface area is 119 Å². The van der Waals surface area contributed by atoms with E-state index in [1.54, 1.807) is 18.2 Å². The Hall–Kier alpha value is -2.15. The largest absolute Gasteiger partial charge is 0.325 e. The van der Waals surface area contributed by atoms with E-state index in [4.69, 9.17) is 5.26 Å². The van der Waals surface area contributed by atoms with Crippen molar-refractivity contribution < 1.29 is 9.59 Å². The van der Waals surface area contributed by atoms with E-state index in [2.05, 4.69) is 26.1 Å². The van der Waals surface area contributed by atoms with Gasteiger partial charge in [0.15, 0.2) is 11.7 Å². The van der Waals surface area contributed by atoms with Gasteiger partial charge >= 0.3 is 0 Å². The van der Waals surface area contributed by atoms with Crippen LogP contribution in [-0.4, -0.2) is 11.7 Å². The van der Waals surface area contributed by atoms with Gasteiger partial charge in [-0.05, 0) is 36.5 Å². The molecule has 0 aliphatic carbocycles. The van der Waals surface area contributed by atoms with Crippen LogP contribution >= 0.6 is 0 Å². The van der Waals surface area contributed by atoms with Gasteiger partial charge in [0.1, 0.15) is 0 Å². The smallest absolute Gasteiger partial charge is 0.249 e. The molecule has 1 aromatic carbocycles. The van der Waals surface area contributed by atoms with Crippen molar-refractivity contribution in [1.82, 2.24) is 0 Å². The highest BCUT2D eigenvalue weighted by atomic mass is 16.2. The lowest BCUT2D eigenvalue weighted by Crippen LogP contribution is -2.27. The van der Waals surface area contributed by atoms with Crippen molar-refractivity contribution in [2.75, 3.05) is 5.32 Å². The van der Waals surface area contributed by atoms with Crippen molar-refractivity contribution in [2.45, 2.75) is 39.5 Å². The molecule has 0 aromatic heterocycles. The van der Waals surface area contributed by atoms with Crippen molar-refractivity contribution >= 4 is 17.4 Å². The number of ketones is 1. The molecule has 1 atom stereocenters. The average Bonchev–Trinajstić information content (AvgIpc) is 2.39. The number of nitrogens with one attached hydrogen (secondary N) is 1. The Morgan fingerprint density at radius 3 is 2.25 bits per heavy atom. The maximum absolute atomic E-state index is 11.8. The molecule has 0 saturated heterocycles. The number of hydrogen-bond donors (Lipinski definition) is 1. The minimum absolute atomic E-state index is 0.0805. The van der Waals surface area contributed by atoms with Crippen LogP contribution in [0.4, 0.5) is 5.69 Å². The van der Waals surface area contributed by atoms with E-state index in [0.717, 1.165) is 6.42 Å². The first kappa shape index (κ1) is 15.9. The number of carbonyl (C=O) groups is 2. The first-order valence-electron chi connectivity index (χ1n) is 6.63. The van der Waals surface area contributed by atoms with Gasteiger partial charge in [-0.3, -0.25) is 9.59 Å². The van der Waals surface area contributed by atoms with Gasteiger partial charge in [0.2, 0.25) is 5.91 Å². The van der Waals surface area contributed by atoms with Crippen LogP contribution in [0.1, 0.15) is 39.7 Å². The van der Waals surface area contributed by atoms with E-state index < -0.39 is 17.6 Å². The number of benzene rings is 1. The number of amides is 1. The topological polar surface area (TPSA) is 70.0 Å². The van der Waals surface area contributed by atoms with Crippen LogP contribution in [0.3, 0.4) is 0 Å². The maximum Gasteiger partial charge on any atom is 0.249 e. The van der Waals surface area contributed by atoms with Crippen molar-refractivity contribution in [3.8, 4) is 6.07 Å². The lowest BCUT2D eigenvalue weighted by atomic mass is 9.82. The molecule has 20 heavy (non-hydrogen) atoms. The average molecular weight is 272 g/mol. The van der Waals surface area contributed by atoms with Crippen LogP contribution in [0.25, 0.3) is 0 Å². The minimum Gasteiger partial charge on any atom is -0.325 e. The van der Waals surface area contributed by atoms with E-state index in [1.807, 2.05) is 12.1 Å². The highest BCUT2D eigenvalue weighted by Crippen LogP contribution is 2.27. The summed E-state index contributed by atoms with van der Waals surface area (Å²) >= 11 is 0. The summed E-state index contributed by atoms with van der Waals surface area (Å²) in [6.07, 6.45) is 1.01. The summed E-state index contributed by atoms with van der Waals surface area (Å²) in [6.45, 7) is 7.67. The monoisotopic (exact) mass is 272 g/mol. The third kappa shape index (κ3) is 3.67. The summed E-state index contributed by atoms with van der Waals surface area (Å²) in [5.74, 6) is -2.28. The van der Waals surface area contributed by atoms with Crippen LogP contribution in [0.5, 0.6) is 0 Å². The number of carbonyl (C=O) groups excluding carboxylic acids is 2. The zero-order valence-corrected chi connectivity index (χ0v) is 12.4. The number of nitriles is 1. The van der Waals surface area contributed by atoms with E-state index in [1.165, 1.54) is 12.5 Å². The highest BCUT2D eigenvalue weighted by molar-refractivity contribution is 6.08. The third-order valence-corrected chi connectivity index (χ3v) is 3.62. The summed E-state index contributed by atoms with van der Waals surface area (Å²) < 4.78 is 0. The highest BCUT2D eigenvalue weighted by Gasteiger charge is 2.23. The Kier molecular flexibility index (Phi) is 5.04. The standard InChI is InChI=1S/C16H20N2O2/c1-5-16(3,4)12-6-8-13(9-7-12)18-15(20)14(10-17)11(2)19/h6-9,14H,5H2,1-4H3,(H,18,20). The fraction of sp³-hybridized carbons (Fsp3) is 0.438. The van der Waals surface area contributed by atoms with E-state index in [0.29, 0.717) is 5.69 Å². The predicted molar refractivity (Wildman–Crippen MR) is 78.2 cm³/mol. The van der Waals surface area contributed by atoms with Crippen LogP contribution in [0, 0.1) is 17.2 Å². The van der Waals surface area contributed by atoms with Gasteiger partial charge in [-0.25, -0.2) is 0 Å². The van der Waals surface area contributed by atoms with Crippen LogP contribution in [0.15, 0.2) is 24.3 Å². The van der Waals surface area contributed by atoms with Gasteiger partial charge in [0.05, 0.1) is 6.07 Å².